The average molecular weight is 305 g/mol. The third kappa shape index (κ3) is 2.71. The van der Waals surface area contributed by atoms with Gasteiger partial charge in [0.25, 0.3) is 0 Å². The molecule has 1 atom stereocenters. The summed E-state index contributed by atoms with van der Waals surface area (Å²) in [4.78, 5) is 0. The summed E-state index contributed by atoms with van der Waals surface area (Å²) in [6, 6.07) is 15.1. The minimum atomic E-state index is -1.13. The molecular formula is C17H17ClO3. The molecular weight excluding hydrogens is 288 g/mol. The summed E-state index contributed by atoms with van der Waals surface area (Å²) in [6.07, 6.45) is 0.429. The molecule has 0 radical (unpaired) electrons. The Balaban J connectivity index is 2.05. The summed E-state index contributed by atoms with van der Waals surface area (Å²) in [5.41, 5.74) is 0.458. The first-order valence-electron chi connectivity index (χ1n) is 6.98. The molecule has 110 valence electrons. The van der Waals surface area contributed by atoms with E-state index in [2.05, 4.69) is 0 Å². The van der Waals surface area contributed by atoms with Crippen molar-refractivity contribution in [1.82, 2.24) is 0 Å². The van der Waals surface area contributed by atoms with E-state index in [0.717, 1.165) is 11.1 Å². The van der Waals surface area contributed by atoms with Crippen molar-refractivity contribution < 1.29 is 14.6 Å². The van der Waals surface area contributed by atoms with Gasteiger partial charge in [-0.15, -0.1) is 11.6 Å². The molecule has 21 heavy (non-hydrogen) atoms. The van der Waals surface area contributed by atoms with Gasteiger partial charge in [0.05, 0.1) is 0 Å². The Hall–Kier alpha value is -1.71. The van der Waals surface area contributed by atoms with Crippen molar-refractivity contribution in [1.29, 1.82) is 0 Å². The van der Waals surface area contributed by atoms with Crippen LogP contribution in [0.25, 0.3) is 0 Å². The Morgan fingerprint density at radius 3 is 2.38 bits per heavy atom. The van der Waals surface area contributed by atoms with Gasteiger partial charge in [-0.2, -0.15) is 0 Å². The number of alkyl halides is 1. The van der Waals surface area contributed by atoms with E-state index >= 15 is 0 Å². The van der Waals surface area contributed by atoms with Gasteiger partial charge in [0, 0.05) is 5.88 Å². The van der Waals surface area contributed by atoms with E-state index in [-0.39, 0.29) is 0 Å². The Kier molecular flexibility index (Phi) is 4.04. The smallest absolute Gasteiger partial charge is 0.161 e. The highest BCUT2D eigenvalue weighted by Gasteiger charge is 2.32. The van der Waals surface area contributed by atoms with Gasteiger partial charge in [-0.25, -0.2) is 0 Å². The molecule has 4 heteroatoms. The maximum atomic E-state index is 11.2. The Morgan fingerprint density at radius 2 is 1.67 bits per heavy atom. The van der Waals surface area contributed by atoms with Crippen LogP contribution in [0.4, 0.5) is 0 Å². The van der Waals surface area contributed by atoms with Crippen LogP contribution >= 0.6 is 11.6 Å². The largest absolute Gasteiger partial charge is 0.486 e. The average Bonchev–Trinajstić information content (AvgIpc) is 2.55. The fraction of sp³-hybridized carbons (Fsp3) is 0.294. The van der Waals surface area contributed by atoms with Gasteiger partial charge in [0.2, 0.25) is 0 Å². The highest BCUT2D eigenvalue weighted by molar-refractivity contribution is 6.17. The zero-order chi connectivity index (χ0) is 14.7. The quantitative estimate of drug-likeness (QED) is 0.881. The van der Waals surface area contributed by atoms with Crippen molar-refractivity contribution in [3.63, 3.8) is 0 Å². The minimum absolute atomic E-state index is 0.361. The van der Waals surface area contributed by atoms with Gasteiger partial charge in [-0.3, -0.25) is 0 Å². The molecule has 0 saturated carbocycles. The van der Waals surface area contributed by atoms with E-state index in [1.807, 2.05) is 48.5 Å². The standard InChI is InChI=1S/C17H17ClO3/c18-9-8-17(19,13-4-2-1-3-5-13)14-6-7-15-16(12-14)21-11-10-20-15/h1-7,12,19H,8-11H2. The third-order valence-corrected chi connectivity index (χ3v) is 3.92. The predicted octanol–water partition coefficient (Wildman–Crippen LogP) is 3.32. The molecule has 0 bridgehead atoms. The number of ether oxygens (including phenoxy) is 2. The lowest BCUT2D eigenvalue weighted by Crippen LogP contribution is -2.28. The van der Waals surface area contributed by atoms with E-state index in [1.54, 1.807) is 0 Å². The predicted molar refractivity (Wildman–Crippen MR) is 82.2 cm³/mol. The lowest BCUT2D eigenvalue weighted by molar-refractivity contribution is 0.0765. The summed E-state index contributed by atoms with van der Waals surface area (Å²) in [5.74, 6) is 1.74. The van der Waals surface area contributed by atoms with Crippen LogP contribution in [0.15, 0.2) is 48.5 Å². The fourth-order valence-corrected chi connectivity index (χ4v) is 2.88. The highest BCUT2D eigenvalue weighted by Crippen LogP contribution is 2.39. The molecule has 1 heterocycles. The topological polar surface area (TPSA) is 38.7 Å². The number of rotatable bonds is 4. The van der Waals surface area contributed by atoms with Crippen LogP contribution in [0.2, 0.25) is 0 Å². The number of hydrogen-bond acceptors (Lipinski definition) is 3. The highest BCUT2D eigenvalue weighted by atomic mass is 35.5. The van der Waals surface area contributed by atoms with Gasteiger partial charge in [0.15, 0.2) is 11.5 Å². The molecule has 1 aliphatic rings. The number of benzene rings is 2. The van der Waals surface area contributed by atoms with Crippen LogP contribution in [0.3, 0.4) is 0 Å². The first-order chi connectivity index (χ1) is 10.2. The van der Waals surface area contributed by atoms with E-state index in [1.165, 1.54) is 0 Å². The van der Waals surface area contributed by atoms with Gasteiger partial charge in [-0.05, 0) is 29.7 Å². The molecule has 0 amide bonds. The van der Waals surface area contributed by atoms with Crippen molar-refractivity contribution in [3.8, 4) is 11.5 Å². The van der Waals surface area contributed by atoms with Crippen LogP contribution < -0.4 is 9.47 Å². The number of halogens is 1. The molecule has 0 saturated heterocycles. The van der Waals surface area contributed by atoms with E-state index in [4.69, 9.17) is 21.1 Å². The van der Waals surface area contributed by atoms with Crippen LogP contribution in [0.1, 0.15) is 17.5 Å². The zero-order valence-corrected chi connectivity index (χ0v) is 12.3. The SMILES string of the molecule is OC(CCCl)(c1ccccc1)c1ccc2c(c1)OCCO2. The van der Waals surface area contributed by atoms with Gasteiger partial charge < -0.3 is 14.6 Å². The van der Waals surface area contributed by atoms with Gasteiger partial charge in [-0.1, -0.05) is 36.4 Å². The van der Waals surface area contributed by atoms with Gasteiger partial charge in [0.1, 0.15) is 18.8 Å². The Morgan fingerprint density at radius 1 is 0.952 bits per heavy atom. The molecule has 3 nitrogen and oxygen atoms in total. The lowest BCUT2D eigenvalue weighted by Gasteiger charge is -2.30. The summed E-state index contributed by atoms with van der Waals surface area (Å²) in [5, 5.41) is 11.2. The van der Waals surface area contributed by atoms with Crippen molar-refractivity contribution in [3.05, 3.63) is 59.7 Å². The molecule has 3 rings (SSSR count). The third-order valence-electron chi connectivity index (χ3n) is 3.73. The van der Waals surface area contributed by atoms with Crippen molar-refractivity contribution in [2.24, 2.45) is 0 Å². The zero-order valence-electron chi connectivity index (χ0n) is 11.6. The molecule has 1 aliphatic heterocycles. The molecule has 0 fully saturated rings. The number of fused-ring (bicyclic) bond motifs is 1. The van der Waals surface area contributed by atoms with Crippen molar-refractivity contribution >= 4 is 11.6 Å². The van der Waals surface area contributed by atoms with Crippen molar-refractivity contribution in [2.45, 2.75) is 12.0 Å². The molecule has 2 aromatic carbocycles. The maximum absolute atomic E-state index is 11.2. The first-order valence-corrected chi connectivity index (χ1v) is 7.51. The summed E-state index contributed by atoms with van der Waals surface area (Å²) < 4.78 is 11.1. The van der Waals surface area contributed by atoms with Crippen molar-refractivity contribution in [2.75, 3.05) is 19.1 Å². The fourth-order valence-electron chi connectivity index (χ4n) is 2.61. The second-order valence-electron chi connectivity index (χ2n) is 5.02. The van der Waals surface area contributed by atoms with E-state index in [0.29, 0.717) is 37.0 Å². The summed E-state index contributed by atoms with van der Waals surface area (Å²) in [6.45, 7) is 1.08. The van der Waals surface area contributed by atoms with E-state index < -0.39 is 5.60 Å². The maximum Gasteiger partial charge on any atom is 0.161 e. The van der Waals surface area contributed by atoms with Crippen LogP contribution in [0.5, 0.6) is 11.5 Å². The summed E-state index contributed by atoms with van der Waals surface area (Å²) in [7, 11) is 0. The van der Waals surface area contributed by atoms with Gasteiger partial charge >= 0.3 is 0 Å². The van der Waals surface area contributed by atoms with Crippen LogP contribution in [-0.2, 0) is 5.60 Å². The normalized spacial score (nSPS) is 16.3. The molecule has 1 unspecified atom stereocenters. The lowest BCUT2D eigenvalue weighted by atomic mass is 9.84. The molecule has 0 spiro atoms. The molecule has 2 aromatic rings. The monoisotopic (exact) mass is 304 g/mol. The van der Waals surface area contributed by atoms with Crippen LogP contribution in [-0.4, -0.2) is 24.2 Å². The summed E-state index contributed by atoms with van der Waals surface area (Å²) >= 11 is 5.91. The second kappa shape index (κ2) is 5.96. The Bertz CT molecular complexity index is 615. The number of aliphatic hydroxyl groups is 1. The molecule has 0 aliphatic carbocycles. The number of hydrogen-bond donors (Lipinski definition) is 1. The molecule has 0 aromatic heterocycles. The van der Waals surface area contributed by atoms with Crippen LogP contribution in [0, 0.1) is 0 Å². The minimum Gasteiger partial charge on any atom is -0.486 e. The first kappa shape index (κ1) is 14.2. The van der Waals surface area contributed by atoms with E-state index in [9.17, 15) is 5.11 Å². The molecule has 1 N–H and O–H groups in total. The Labute approximate surface area is 129 Å². The second-order valence-corrected chi connectivity index (χ2v) is 5.40.